The van der Waals surface area contributed by atoms with Crippen molar-refractivity contribution in [1.29, 1.82) is 0 Å². The molecular formula is C20H21N3O5S2. The van der Waals surface area contributed by atoms with Crippen LogP contribution in [-0.4, -0.2) is 46.7 Å². The van der Waals surface area contributed by atoms with E-state index < -0.39 is 20.0 Å². The zero-order valence-corrected chi connectivity index (χ0v) is 17.7. The number of anilines is 1. The lowest BCUT2D eigenvalue weighted by Gasteiger charge is -2.26. The van der Waals surface area contributed by atoms with Gasteiger partial charge in [0.1, 0.15) is 0 Å². The Bertz CT molecular complexity index is 1240. The van der Waals surface area contributed by atoms with Gasteiger partial charge in [0.2, 0.25) is 15.9 Å². The highest BCUT2D eigenvalue weighted by molar-refractivity contribution is 7.96. The minimum Gasteiger partial charge on any atom is -0.354 e. The molecule has 1 aliphatic carbocycles. The molecule has 0 bridgehead atoms. The third kappa shape index (κ3) is 4.11. The molecule has 1 amide bonds. The van der Waals surface area contributed by atoms with E-state index in [1.807, 2.05) is 24.3 Å². The summed E-state index contributed by atoms with van der Waals surface area (Å²) in [7, 11) is -7.75. The maximum Gasteiger partial charge on any atom is 0.258 e. The first-order valence-corrected chi connectivity index (χ1v) is 12.4. The van der Waals surface area contributed by atoms with Crippen molar-refractivity contribution in [3.63, 3.8) is 0 Å². The normalized spacial score (nSPS) is 17.6. The Morgan fingerprint density at radius 3 is 2.57 bits per heavy atom. The van der Waals surface area contributed by atoms with Crippen molar-refractivity contribution in [3.8, 4) is 0 Å². The van der Waals surface area contributed by atoms with Crippen LogP contribution in [0, 0.1) is 0 Å². The molecule has 8 nitrogen and oxygen atoms in total. The van der Waals surface area contributed by atoms with Gasteiger partial charge in [-0.2, -0.15) is 4.31 Å². The molecule has 0 radical (unpaired) electrons. The van der Waals surface area contributed by atoms with Crippen molar-refractivity contribution in [2.24, 2.45) is 0 Å². The molecular weight excluding hydrogens is 426 g/mol. The van der Waals surface area contributed by atoms with Gasteiger partial charge >= 0.3 is 0 Å². The SMILES string of the molecule is O=C1CN(S(=O)(=O)c2cccc(NS(=O)(=O)C3=Cc4ccccc4CC3)c2)CCN1. The Morgan fingerprint density at radius 2 is 1.77 bits per heavy atom. The van der Waals surface area contributed by atoms with E-state index >= 15 is 0 Å². The number of nitrogens with zero attached hydrogens (tertiary/aromatic N) is 1. The Labute approximate surface area is 175 Å². The molecule has 1 fully saturated rings. The van der Waals surface area contributed by atoms with Crippen LogP contribution in [-0.2, 0) is 31.3 Å². The standard InChI is InChI=1S/C20H21N3O5S2/c24-20-14-23(11-10-21-20)30(27,28)19-7-3-6-17(13-19)22-29(25,26)18-9-8-15-4-1-2-5-16(15)12-18/h1-7,12-13,22H,8-11,14H2,(H,21,24). The number of nitrogens with one attached hydrogen (secondary N) is 2. The topological polar surface area (TPSA) is 113 Å². The molecule has 2 aliphatic rings. The fourth-order valence-corrected chi connectivity index (χ4v) is 6.19. The minimum absolute atomic E-state index is 0.0691. The number of carbonyl (C=O) groups is 1. The first-order chi connectivity index (χ1) is 14.3. The lowest BCUT2D eigenvalue weighted by molar-refractivity contribution is -0.122. The quantitative estimate of drug-likeness (QED) is 0.722. The summed E-state index contributed by atoms with van der Waals surface area (Å²) in [5.41, 5.74) is 2.11. The Hall–Kier alpha value is -2.69. The van der Waals surface area contributed by atoms with E-state index in [1.54, 1.807) is 6.08 Å². The zero-order valence-electron chi connectivity index (χ0n) is 16.0. The minimum atomic E-state index is -3.91. The van der Waals surface area contributed by atoms with Gasteiger partial charge in [0, 0.05) is 13.1 Å². The van der Waals surface area contributed by atoms with Crippen LogP contribution in [0.2, 0.25) is 0 Å². The van der Waals surface area contributed by atoms with Crippen LogP contribution in [0.1, 0.15) is 17.5 Å². The molecule has 0 atom stereocenters. The van der Waals surface area contributed by atoms with Gasteiger partial charge in [0.15, 0.2) is 0 Å². The van der Waals surface area contributed by atoms with Crippen LogP contribution in [0.15, 0.2) is 58.3 Å². The summed E-state index contributed by atoms with van der Waals surface area (Å²) in [5.74, 6) is -0.369. The van der Waals surface area contributed by atoms with Crippen molar-refractivity contribution < 1.29 is 21.6 Å². The molecule has 0 aromatic heterocycles. The van der Waals surface area contributed by atoms with Crippen LogP contribution in [0.4, 0.5) is 5.69 Å². The number of amides is 1. The first-order valence-electron chi connectivity index (χ1n) is 9.44. The molecule has 30 heavy (non-hydrogen) atoms. The van der Waals surface area contributed by atoms with Crippen LogP contribution in [0.3, 0.4) is 0 Å². The Morgan fingerprint density at radius 1 is 0.967 bits per heavy atom. The monoisotopic (exact) mass is 447 g/mol. The van der Waals surface area contributed by atoms with E-state index in [-0.39, 0.29) is 41.0 Å². The Balaban J connectivity index is 1.59. The first kappa shape index (κ1) is 20.6. The summed E-state index contributed by atoms with van der Waals surface area (Å²) >= 11 is 0. The van der Waals surface area contributed by atoms with Gasteiger partial charge in [-0.3, -0.25) is 9.52 Å². The van der Waals surface area contributed by atoms with E-state index in [0.717, 1.165) is 15.4 Å². The highest BCUT2D eigenvalue weighted by Crippen LogP contribution is 2.29. The zero-order chi connectivity index (χ0) is 21.4. The smallest absolute Gasteiger partial charge is 0.258 e. The van der Waals surface area contributed by atoms with Gasteiger partial charge < -0.3 is 5.32 Å². The lowest BCUT2D eigenvalue weighted by Crippen LogP contribution is -2.49. The van der Waals surface area contributed by atoms with E-state index in [2.05, 4.69) is 10.0 Å². The summed E-state index contributed by atoms with van der Waals surface area (Å²) in [4.78, 5) is 11.7. The van der Waals surface area contributed by atoms with Crippen molar-refractivity contribution in [3.05, 3.63) is 64.6 Å². The molecule has 1 aliphatic heterocycles. The molecule has 4 rings (SSSR count). The Kier molecular flexibility index (Phi) is 5.39. The van der Waals surface area contributed by atoms with Gasteiger partial charge in [0.05, 0.1) is 22.0 Å². The van der Waals surface area contributed by atoms with Crippen LogP contribution >= 0.6 is 0 Å². The van der Waals surface area contributed by atoms with Gasteiger partial charge in [-0.25, -0.2) is 16.8 Å². The second-order valence-corrected chi connectivity index (χ2v) is 10.8. The number of piperazine rings is 1. The van der Waals surface area contributed by atoms with Crippen molar-refractivity contribution in [1.82, 2.24) is 9.62 Å². The molecule has 10 heteroatoms. The third-order valence-electron chi connectivity index (χ3n) is 5.08. The number of rotatable bonds is 5. The van der Waals surface area contributed by atoms with Crippen molar-refractivity contribution >= 4 is 37.7 Å². The van der Waals surface area contributed by atoms with Crippen LogP contribution < -0.4 is 10.0 Å². The molecule has 2 aromatic carbocycles. The van der Waals surface area contributed by atoms with E-state index in [1.165, 1.54) is 24.3 Å². The number of hydrogen-bond acceptors (Lipinski definition) is 5. The highest BCUT2D eigenvalue weighted by atomic mass is 32.2. The molecule has 158 valence electrons. The largest absolute Gasteiger partial charge is 0.354 e. The summed E-state index contributed by atoms with van der Waals surface area (Å²) < 4.78 is 55.0. The maximum absolute atomic E-state index is 12.9. The number of benzene rings is 2. The average Bonchev–Trinajstić information content (AvgIpc) is 2.73. The second-order valence-electron chi connectivity index (χ2n) is 7.13. The van der Waals surface area contributed by atoms with Crippen LogP contribution in [0.25, 0.3) is 6.08 Å². The van der Waals surface area contributed by atoms with Crippen molar-refractivity contribution in [2.75, 3.05) is 24.4 Å². The fourth-order valence-electron chi connectivity index (χ4n) is 3.53. The molecule has 1 heterocycles. The van der Waals surface area contributed by atoms with E-state index in [9.17, 15) is 21.6 Å². The third-order valence-corrected chi connectivity index (χ3v) is 8.44. The van der Waals surface area contributed by atoms with Gasteiger partial charge in [0.25, 0.3) is 10.0 Å². The van der Waals surface area contributed by atoms with Gasteiger partial charge in [-0.15, -0.1) is 0 Å². The average molecular weight is 448 g/mol. The van der Waals surface area contributed by atoms with E-state index in [0.29, 0.717) is 12.8 Å². The summed E-state index contributed by atoms with van der Waals surface area (Å²) in [6, 6.07) is 13.2. The highest BCUT2D eigenvalue weighted by Gasteiger charge is 2.29. The molecule has 1 saturated heterocycles. The second kappa shape index (κ2) is 7.86. The van der Waals surface area contributed by atoms with E-state index in [4.69, 9.17) is 0 Å². The van der Waals surface area contributed by atoms with Gasteiger partial charge in [-0.1, -0.05) is 30.3 Å². The predicted octanol–water partition coefficient (Wildman–Crippen LogP) is 1.54. The molecule has 0 spiro atoms. The lowest BCUT2D eigenvalue weighted by atomic mass is 9.98. The summed E-state index contributed by atoms with van der Waals surface area (Å²) in [6.45, 7) is 0.140. The molecule has 0 unspecified atom stereocenters. The molecule has 2 N–H and O–H groups in total. The maximum atomic E-state index is 12.9. The van der Waals surface area contributed by atoms with Crippen molar-refractivity contribution in [2.45, 2.75) is 17.7 Å². The fraction of sp³-hybridized carbons (Fsp3) is 0.250. The number of carbonyl (C=O) groups excluding carboxylic acids is 1. The van der Waals surface area contributed by atoms with Gasteiger partial charge in [-0.05, 0) is 48.2 Å². The number of allylic oxidation sites excluding steroid dienone is 1. The number of aryl methyl sites for hydroxylation is 1. The molecule has 2 aromatic rings. The number of hydrogen-bond donors (Lipinski definition) is 2. The number of fused-ring (bicyclic) bond motifs is 1. The number of sulfonamides is 2. The summed E-state index contributed by atoms with van der Waals surface area (Å²) in [5, 5.41) is 2.58. The predicted molar refractivity (Wildman–Crippen MR) is 113 cm³/mol. The summed E-state index contributed by atoms with van der Waals surface area (Å²) in [6.07, 6.45) is 2.63. The molecule has 0 saturated carbocycles. The van der Waals surface area contributed by atoms with Crippen LogP contribution in [0.5, 0.6) is 0 Å².